The van der Waals surface area contributed by atoms with Gasteiger partial charge in [0.1, 0.15) is 0 Å². The Kier molecular flexibility index (Phi) is 2.26. The molecule has 0 spiro atoms. The Balaban J connectivity index is 2.01. The summed E-state index contributed by atoms with van der Waals surface area (Å²) in [6, 6.07) is 23.7. The average molecular weight is 342 g/mol. The van der Waals surface area contributed by atoms with Gasteiger partial charge in [0.05, 0.1) is 0 Å². The van der Waals surface area contributed by atoms with Crippen LogP contribution in [0.15, 0.2) is 66.7 Å². The molecule has 6 aromatic carbocycles. The Morgan fingerprint density at radius 2 is 1.07 bits per heavy atom. The molecule has 27 heavy (non-hydrogen) atoms. The minimum atomic E-state index is 0.242. The van der Waals surface area contributed by atoms with Crippen LogP contribution in [-0.2, 0) is 0 Å². The standard InChI is InChI=1S/C26H14O/c27-21-13-12-19-15-7-1-3-8-16(15)22-20-11-5-10-17-14-6-2-4-9-18(14)24(23(17)20)26(21)25(19)22/h1-12H,13H2. The molecule has 0 N–H and O–H groups in total. The number of hydrogen-bond acceptors (Lipinski definition) is 1. The summed E-state index contributed by atoms with van der Waals surface area (Å²) in [6.45, 7) is 0. The van der Waals surface area contributed by atoms with Crippen molar-refractivity contribution in [2.45, 2.75) is 6.42 Å². The highest BCUT2D eigenvalue weighted by Gasteiger charge is 2.26. The molecular formula is C26H14O. The second-order valence-corrected chi connectivity index (χ2v) is 7.56. The summed E-state index contributed by atoms with van der Waals surface area (Å²) in [5, 5.41) is 13.5. The maximum absolute atomic E-state index is 13.2. The summed E-state index contributed by atoms with van der Waals surface area (Å²) < 4.78 is 0. The van der Waals surface area contributed by atoms with Gasteiger partial charge in [-0.2, -0.15) is 0 Å². The molecule has 1 aliphatic carbocycles. The highest BCUT2D eigenvalue weighted by atomic mass is 16.1. The summed E-state index contributed by atoms with van der Waals surface area (Å²) in [7, 11) is 0. The molecule has 124 valence electrons. The zero-order chi connectivity index (χ0) is 17.7. The molecule has 0 fully saturated rings. The molecule has 0 unspecified atom stereocenters. The van der Waals surface area contributed by atoms with Crippen molar-refractivity contribution in [3.8, 4) is 0 Å². The number of ketones is 1. The highest BCUT2D eigenvalue weighted by Crippen LogP contribution is 2.46. The van der Waals surface area contributed by atoms with E-state index in [0.717, 1.165) is 16.3 Å². The van der Waals surface area contributed by atoms with Crippen molar-refractivity contribution in [2.24, 2.45) is 0 Å². The van der Waals surface area contributed by atoms with E-state index < -0.39 is 0 Å². The molecule has 1 aliphatic rings. The van der Waals surface area contributed by atoms with E-state index in [9.17, 15) is 4.79 Å². The number of hydrogen-bond donors (Lipinski definition) is 0. The first-order valence-corrected chi connectivity index (χ1v) is 9.40. The van der Waals surface area contributed by atoms with Crippen LogP contribution in [0.25, 0.3) is 59.9 Å². The van der Waals surface area contributed by atoms with Gasteiger partial charge in [0.15, 0.2) is 5.78 Å². The zero-order valence-electron chi connectivity index (χ0n) is 14.5. The third kappa shape index (κ3) is 1.43. The summed E-state index contributed by atoms with van der Waals surface area (Å²) in [6.07, 6.45) is 2.61. The Morgan fingerprint density at radius 1 is 0.519 bits per heavy atom. The fourth-order valence-corrected chi connectivity index (χ4v) is 5.38. The number of Topliss-reactive ketones (excluding diaryl/α,β-unsaturated/α-hetero) is 1. The third-order valence-corrected chi connectivity index (χ3v) is 6.35. The monoisotopic (exact) mass is 342 g/mol. The number of fused-ring (bicyclic) bond motifs is 8. The van der Waals surface area contributed by atoms with E-state index in [1.54, 1.807) is 0 Å². The van der Waals surface area contributed by atoms with E-state index in [1.807, 2.05) is 0 Å². The number of benzene rings is 4. The minimum absolute atomic E-state index is 0.242. The Morgan fingerprint density at radius 3 is 1.89 bits per heavy atom. The van der Waals surface area contributed by atoms with E-state index in [0.29, 0.717) is 6.42 Å². The summed E-state index contributed by atoms with van der Waals surface area (Å²) in [5.41, 5.74) is 0.934. The summed E-state index contributed by atoms with van der Waals surface area (Å²) in [4.78, 5) is 13.2. The van der Waals surface area contributed by atoms with Gasteiger partial charge in [0.2, 0.25) is 0 Å². The van der Waals surface area contributed by atoms with Crippen LogP contribution in [0.2, 0.25) is 0 Å². The van der Waals surface area contributed by atoms with Crippen molar-refractivity contribution in [2.75, 3.05) is 0 Å². The van der Waals surface area contributed by atoms with E-state index in [2.05, 4.69) is 72.8 Å². The predicted molar refractivity (Wildman–Crippen MR) is 114 cm³/mol. The summed E-state index contributed by atoms with van der Waals surface area (Å²) >= 11 is 0. The van der Waals surface area contributed by atoms with Gasteiger partial charge in [-0.15, -0.1) is 0 Å². The molecule has 0 amide bonds. The lowest BCUT2D eigenvalue weighted by atomic mass is 9.89. The fraction of sp³-hybridized carbons (Fsp3) is 0.0385. The quantitative estimate of drug-likeness (QED) is 0.332. The lowest BCUT2D eigenvalue weighted by Crippen LogP contribution is -2.12. The van der Waals surface area contributed by atoms with Crippen LogP contribution < -0.4 is 5.22 Å². The number of carbonyl (C=O) groups is 1. The van der Waals surface area contributed by atoms with Gasteiger partial charge < -0.3 is 0 Å². The largest absolute Gasteiger partial charge is 0.294 e. The van der Waals surface area contributed by atoms with Gasteiger partial charge in [-0.05, 0) is 48.3 Å². The molecule has 0 aromatic heterocycles. The fourth-order valence-electron chi connectivity index (χ4n) is 5.38. The second-order valence-electron chi connectivity index (χ2n) is 7.56. The van der Waals surface area contributed by atoms with Crippen LogP contribution in [0, 0.1) is 0 Å². The molecule has 0 heterocycles. The lowest BCUT2D eigenvalue weighted by Gasteiger charge is -2.12. The first kappa shape index (κ1) is 13.7. The topological polar surface area (TPSA) is 17.1 Å². The normalized spacial score (nSPS) is 14.1. The van der Waals surface area contributed by atoms with E-state index in [-0.39, 0.29) is 5.78 Å². The molecule has 6 aromatic rings. The van der Waals surface area contributed by atoms with Gasteiger partial charge in [0.25, 0.3) is 0 Å². The first-order valence-electron chi connectivity index (χ1n) is 9.40. The molecule has 0 saturated heterocycles. The van der Waals surface area contributed by atoms with E-state index in [4.69, 9.17) is 0 Å². The number of rotatable bonds is 0. The van der Waals surface area contributed by atoms with E-state index >= 15 is 0 Å². The minimum Gasteiger partial charge on any atom is -0.294 e. The lowest BCUT2D eigenvalue weighted by molar-refractivity contribution is 0.100. The molecular weight excluding hydrogens is 328 g/mol. The maximum Gasteiger partial charge on any atom is 0.167 e. The summed E-state index contributed by atoms with van der Waals surface area (Å²) in [5.74, 6) is 0.242. The van der Waals surface area contributed by atoms with Gasteiger partial charge in [-0.25, -0.2) is 0 Å². The van der Waals surface area contributed by atoms with Gasteiger partial charge >= 0.3 is 0 Å². The third-order valence-electron chi connectivity index (χ3n) is 6.35. The molecule has 0 radical (unpaired) electrons. The Bertz CT molecular complexity index is 1650. The van der Waals surface area contributed by atoms with Crippen LogP contribution >= 0.6 is 0 Å². The van der Waals surface area contributed by atoms with Crippen LogP contribution in [0.3, 0.4) is 0 Å². The second kappa shape index (κ2) is 4.44. The van der Waals surface area contributed by atoms with Gasteiger partial charge in [0, 0.05) is 22.8 Å². The van der Waals surface area contributed by atoms with Crippen molar-refractivity contribution >= 4 is 65.7 Å². The smallest absolute Gasteiger partial charge is 0.167 e. The maximum atomic E-state index is 13.2. The molecule has 7 rings (SSSR count). The van der Waals surface area contributed by atoms with Gasteiger partial charge in [-0.3, -0.25) is 4.79 Å². The highest BCUT2D eigenvalue weighted by molar-refractivity contribution is 6.43. The number of carbonyl (C=O) groups excluding carboxylic acids is 1. The van der Waals surface area contributed by atoms with Crippen molar-refractivity contribution in [1.29, 1.82) is 0 Å². The van der Waals surface area contributed by atoms with Crippen LogP contribution in [0.4, 0.5) is 0 Å². The Hall–Kier alpha value is -3.45. The van der Waals surface area contributed by atoms with Crippen molar-refractivity contribution < 1.29 is 4.79 Å². The zero-order valence-corrected chi connectivity index (χ0v) is 14.5. The SMILES string of the molecule is O=C1CC=c2c3ccccc3c3c2c1c1c2ccccc2c2cccc3c21. The predicted octanol–water partition coefficient (Wildman–Crippen LogP) is 5.98. The van der Waals surface area contributed by atoms with Crippen molar-refractivity contribution in [3.63, 3.8) is 0 Å². The molecule has 0 aliphatic heterocycles. The molecule has 1 nitrogen and oxygen atoms in total. The molecule has 0 saturated carbocycles. The van der Waals surface area contributed by atoms with Crippen molar-refractivity contribution in [3.05, 3.63) is 77.5 Å². The van der Waals surface area contributed by atoms with Crippen LogP contribution in [0.1, 0.15) is 16.8 Å². The van der Waals surface area contributed by atoms with Crippen LogP contribution in [-0.4, -0.2) is 5.78 Å². The molecule has 0 bridgehead atoms. The van der Waals surface area contributed by atoms with Crippen molar-refractivity contribution in [1.82, 2.24) is 0 Å². The Labute approximate surface area is 154 Å². The average Bonchev–Trinajstić information content (AvgIpc) is 3.22. The molecule has 1 heteroatoms. The molecule has 0 atom stereocenters. The first-order chi connectivity index (χ1) is 13.3. The van der Waals surface area contributed by atoms with Crippen LogP contribution in [0.5, 0.6) is 0 Å². The van der Waals surface area contributed by atoms with Gasteiger partial charge in [-0.1, -0.05) is 72.8 Å². The van der Waals surface area contributed by atoms with E-state index in [1.165, 1.54) is 48.3 Å².